The molecular weight excluding hydrogens is 191 g/mol. The summed E-state index contributed by atoms with van der Waals surface area (Å²) < 4.78 is 0. The Bertz CT molecular complexity index is 280. The first kappa shape index (κ1) is 9.88. The van der Waals surface area contributed by atoms with E-state index in [1.54, 1.807) is 0 Å². The SMILES string of the molecule is CC1=CC(Cl)=CC(C)(C)C(Cl)=C1. The summed E-state index contributed by atoms with van der Waals surface area (Å²) in [4.78, 5) is 0. The summed E-state index contributed by atoms with van der Waals surface area (Å²) >= 11 is 12.0. The molecule has 1 aliphatic carbocycles. The lowest BCUT2D eigenvalue weighted by Gasteiger charge is -2.18. The molecule has 0 heterocycles. The van der Waals surface area contributed by atoms with Gasteiger partial charge in [-0.2, -0.15) is 0 Å². The van der Waals surface area contributed by atoms with Crippen molar-refractivity contribution in [3.8, 4) is 0 Å². The molecule has 0 amide bonds. The molecule has 0 N–H and O–H groups in total. The molecule has 0 aliphatic heterocycles. The lowest BCUT2D eigenvalue weighted by atomic mass is 9.92. The van der Waals surface area contributed by atoms with Crippen LogP contribution < -0.4 is 0 Å². The molecule has 2 heteroatoms. The van der Waals surface area contributed by atoms with Crippen molar-refractivity contribution < 1.29 is 0 Å². The minimum Gasteiger partial charge on any atom is -0.0882 e. The Morgan fingerprint density at radius 3 is 2.33 bits per heavy atom. The summed E-state index contributed by atoms with van der Waals surface area (Å²) in [6.45, 7) is 6.07. The van der Waals surface area contributed by atoms with E-state index >= 15 is 0 Å². The Kier molecular flexibility index (Phi) is 2.70. The summed E-state index contributed by atoms with van der Waals surface area (Å²) in [5.74, 6) is 0. The van der Waals surface area contributed by atoms with Gasteiger partial charge in [-0.25, -0.2) is 0 Å². The fraction of sp³-hybridized carbons (Fsp3) is 0.400. The molecule has 0 fully saturated rings. The first-order chi connectivity index (χ1) is 5.42. The van der Waals surface area contributed by atoms with Gasteiger partial charge in [-0.1, -0.05) is 43.1 Å². The van der Waals surface area contributed by atoms with E-state index in [4.69, 9.17) is 23.2 Å². The van der Waals surface area contributed by atoms with Crippen molar-refractivity contribution in [3.63, 3.8) is 0 Å². The number of rotatable bonds is 0. The van der Waals surface area contributed by atoms with E-state index in [1.165, 1.54) is 0 Å². The molecular formula is C10H12Cl2. The highest BCUT2D eigenvalue weighted by Gasteiger charge is 2.21. The Hall–Kier alpha value is -0.200. The third-order valence-corrected chi connectivity index (χ3v) is 2.65. The molecule has 0 aromatic rings. The van der Waals surface area contributed by atoms with Crippen LogP contribution in [0, 0.1) is 5.41 Å². The van der Waals surface area contributed by atoms with Gasteiger partial charge in [0, 0.05) is 15.5 Å². The highest BCUT2D eigenvalue weighted by molar-refractivity contribution is 6.33. The van der Waals surface area contributed by atoms with Crippen LogP contribution in [0.1, 0.15) is 20.8 Å². The van der Waals surface area contributed by atoms with E-state index in [0.717, 1.165) is 15.6 Å². The van der Waals surface area contributed by atoms with E-state index in [0.29, 0.717) is 0 Å². The first-order valence-corrected chi connectivity index (χ1v) is 4.62. The van der Waals surface area contributed by atoms with Crippen LogP contribution in [0.4, 0.5) is 0 Å². The predicted octanol–water partition coefficient (Wildman–Crippen LogP) is 4.22. The van der Waals surface area contributed by atoms with Crippen LogP contribution in [0.15, 0.2) is 33.9 Å². The molecule has 12 heavy (non-hydrogen) atoms. The summed E-state index contributed by atoms with van der Waals surface area (Å²) in [6.07, 6.45) is 5.83. The van der Waals surface area contributed by atoms with Crippen molar-refractivity contribution in [2.45, 2.75) is 20.8 Å². The Labute approximate surface area is 83.6 Å². The van der Waals surface area contributed by atoms with E-state index < -0.39 is 0 Å². The topological polar surface area (TPSA) is 0 Å². The zero-order valence-corrected chi connectivity index (χ0v) is 9.00. The van der Waals surface area contributed by atoms with Crippen LogP contribution in [0.5, 0.6) is 0 Å². The Balaban J connectivity index is 3.16. The van der Waals surface area contributed by atoms with Crippen molar-refractivity contribution in [2.75, 3.05) is 0 Å². The van der Waals surface area contributed by atoms with Gasteiger partial charge < -0.3 is 0 Å². The molecule has 0 nitrogen and oxygen atoms in total. The molecule has 0 aromatic heterocycles. The van der Waals surface area contributed by atoms with E-state index in [2.05, 4.69) is 0 Å². The maximum atomic E-state index is 6.09. The molecule has 0 atom stereocenters. The summed E-state index contributed by atoms with van der Waals surface area (Å²) in [5.41, 5.74) is 0.944. The first-order valence-electron chi connectivity index (χ1n) is 3.86. The molecule has 0 spiro atoms. The van der Waals surface area contributed by atoms with Gasteiger partial charge in [0.15, 0.2) is 0 Å². The molecule has 0 saturated heterocycles. The van der Waals surface area contributed by atoms with Gasteiger partial charge >= 0.3 is 0 Å². The van der Waals surface area contributed by atoms with Gasteiger partial charge in [-0.15, -0.1) is 0 Å². The van der Waals surface area contributed by atoms with E-state index in [9.17, 15) is 0 Å². The van der Waals surface area contributed by atoms with Crippen LogP contribution in [-0.4, -0.2) is 0 Å². The number of halogens is 2. The highest BCUT2D eigenvalue weighted by atomic mass is 35.5. The second-order valence-corrected chi connectivity index (χ2v) is 4.48. The predicted molar refractivity (Wildman–Crippen MR) is 55.4 cm³/mol. The Morgan fingerprint density at radius 1 is 1.17 bits per heavy atom. The lowest BCUT2D eigenvalue weighted by Crippen LogP contribution is -2.06. The third kappa shape index (κ3) is 2.15. The summed E-state index contributed by atoms with van der Waals surface area (Å²) in [5, 5.41) is 1.58. The maximum Gasteiger partial charge on any atom is 0.0377 e. The lowest BCUT2D eigenvalue weighted by molar-refractivity contribution is 0.611. The van der Waals surface area contributed by atoms with Crippen LogP contribution in [0.2, 0.25) is 0 Å². The minimum absolute atomic E-state index is 0.146. The second-order valence-electron chi connectivity index (χ2n) is 3.63. The van der Waals surface area contributed by atoms with Crippen molar-refractivity contribution in [1.82, 2.24) is 0 Å². The van der Waals surface area contributed by atoms with Gasteiger partial charge in [0.1, 0.15) is 0 Å². The average molecular weight is 203 g/mol. The molecule has 0 radical (unpaired) electrons. The number of hydrogen-bond donors (Lipinski definition) is 0. The standard InChI is InChI=1S/C10H12Cl2/c1-7-4-8(11)6-10(2,3)9(12)5-7/h4-6H,1-3H3. The minimum atomic E-state index is -0.146. The van der Waals surface area contributed by atoms with Crippen LogP contribution in [-0.2, 0) is 0 Å². The smallest absolute Gasteiger partial charge is 0.0377 e. The van der Waals surface area contributed by atoms with Crippen LogP contribution >= 0.6 is 23.2 Å². The molecule has 0 bridgehead atoms. The largest absolute Gasteiger partial charge is 0.0882 e. The second kappa shape index (κ2) is 3.27. The highest BCUT2D eigenvalue weighted by Crippen LogP contribution is 2.36. The molecule has 1 rings (SSSR count). The molecule has 0 unspecified atom stereocenters. The monoisotopic (exact) mass is 202 g/mol. The quantitative estimate of drug-likeness (QED) is 0.552. The van der Waals surface area contributed by atoms with Gasteiger partial charge in [0.25, 0.3) is 0 Å². The van der Waals surface area contributed by atoms with Gasteiger partial charge in [-0.3, -0.25) is 0 Å². The zero-order chi connectivity index (χ0) is 9.35. The van der Waals surface area contributed by atoms with Crippen molar-refractivity contribution >= 4 is 23.2 Å². The molecule has 1 aliphatic rings. The van der Waals surface area contributed by atoms with Crippen molar-refractivity contribution in [3.05, 3.63) is 33.9 Å². The Morgan fingerprint density at radius 2 is 1.75 bits per heavy atom. The van der Waals surface area contributed by atoms with E-state index in [1.807, 2.05) is 39.0 Å². The number of allylic oxidation sites excluding steroid dienone is 6. The van der Waals surface area contributed by atoms with Crippen LogP contribution in [0.3, 0.4) is 0 Å². The zero-order valence-electron chi connectivity index (χ0n) is 7.49. The van der Waals surface area contributed by atoms with Crippen LogP contribution in [0.25, 0.3) is 0 Å². The van der Waals surface area contributed by atoms with Gasteiger partial charge in [-0.05, 0) is 24.6 Å². The molecule has 0 saturated carbocycles. The normalized spacial score (nSPS) is 22.2. The van der Waals surface area contributed by atoms with Crippen molar-refractivity contribution in [1.29, 1.82) is 0 Å². The fourth-order valence-corrected chi connectivity index (χ4v) is 1.77. The summed E-state index contributed by atoms with van der Waals surface area (Å²) in [7, 11) is 0. The van der Waals surface area contributed by atoms with Crippen molar-refractivity contribution in [2.24, 2.45) is 5.41 Å². The third-order valence-electron chi connectivity index (χ3n) is 1.83. The van der Waals surface area contributed by atoms with Gasteiger partial charge in [0.2, 0.25) is 0 Å². The summed E-state index contributed by atoms with van der Waals surface area (Å²) in [6, 6.07) is 0. The van der Waals surface area contributed by atoms with Gasteiger partial charge in [0.05, 0.1) is 0 Å². The average Bonchev–Trinajstić information content (AvgIpc) is 1.89. The number of hydrogen-bond acceptors (Lipinski definition) is 0. The van der Waals surface area contributed by atoms with E-state index in [-0.39, 0.29) is 5.41 Å². The fourth-order valence-electron chi connectivity index (χ4n) is 1.10. The maximum absolute atomic E-state index is 6.09. The molecule has 66 valence electrons. The molecule has 0 aromatic carbocycles.